The Bertz CT molecular complexity index is 298. The van der Waals surface area contributed by atoms with Gasteiger partial charge < -0.3 is 5.11 Å². The van der Waals surface area contributed by atoms with Gasteiger partial charge in [0.05, 0.1) is 4.75 Å². The van der Waals surface area contributed by atoms with Crippen molar-refractivity contribution < 1.29 is 14.7 Å². The molecule has 0 bridgehead atoms. The third-order valence-electron chi connectivity index (χ3n) is 2.25. The number of carboxylic acids is 1. The van der Waals surface area contributed by atoms with Crippen molar-refractivity contribution in [3.8, 4) is 0 Å². The standard InChI is InChI=1S/C12H22O3S/c1-10(2,3)8(13)11(4,5)16-12(6,7)9(14)15/h1-7H3,(H,14,15). The Kier molecular flexibility index (Phi) is 4.26. The van der Waals surface area contributed by atoms with Gasteiger partial charge in [0, 0.05) is 5.41 Å². The van der Waals surface area contributed by atoms with E-state index in [1.165, 1.54) is 11.8 Å². The second-order valence-corrected chi connectivity index (χ2v) is 8.25. The number of hydrogen-bond acceptors (Lipinski definition) is 3. The van der Waals surface area contributed by atoms with Gasteiger partial charge in [-0.3, -0.25) is 9.59 Å². The Balaban J connectivity index is 4.97. The van der Waals surface area contributed by atoms with Crippen molar-refractivity contribution in [2.45, 2.75) is 58.0 Å². The van der Waals surface area contributed by atoms with Gasteiger partial charge in [0.25, 0.3) is 0 Å². The van der Waals surface area contributed by atoms with Crippen LogP contribution in [0.5, 0.6) is 0 Å². The van der Waals surface area contributed by atoms with E-state index in [-0.39, 0.29) is 5.78 Å². The monoisotopic (exact) mass is 246 g/mol. The highest BCUT2D eigenvalue weighted by molar-refractivity contribution is 8.03. The lowest BCUT2D eigenvalue weighted by Gasteiger charge is -2.34. The Labute approximate surface area is 102 Å². The molecule has 16 heavy (non-hydrogen) atoms. The van der Waals surface area contributed by atoms with Crippen LogP contribution in [0.1, 0.15) is 48.5 Å². The molecule has 0 aromatic heterocycles. The molecule has 0 aromatic rings. The zero-order chi connectivity index (χ0) is 13.4. The van der Waals surface area contributed by atoms with Crippen LogP contribution in [0.3, 0.4) is 0 Å². The summed E-state index contributed by atoms with van der Waals surface area (Å²) in [5.41, 5.74) is -0.453. The number of hydrogen-bond donors (Lipinski definition) is 1. The second-order valence-electron chi connectivity index (χ2n) is 6.01. The van der Waals surface area contributed by atoms with Gasteiger partial charge >= 0.3 is 5.97 Å². The van der Waals surface area contributed by atoms with Crippen molar-refractivity contribution in [2.24, 2.45) is 5.41 Å². The van der Waals surface area contributed by atoms with Crippen molar-refractivity contribution in [1.82, 2.24) is 0 Å². The normalized spacial score (nSPS) is 13.7. The van der Waals surface area contributed by atoms with Gasteiger partial charge in [0.2, 0.25) is 0 Å². The summed E-state index contributed by atoms with van der Waals surface area (Å²) < 4.78 is -1.65. The first-order chi connectivity index (χ1) is 6.81. The minimum absolute atomic E-state index is 0.0688. The highest BCUT2D eigenvalue weighted by atomic mass is 32.2. The maximum absolute atomic E-state index is 12.2. The molecule has 3 nitrogen and oxygen atoms in total. The van der Waals surface area contributed by atoms with Crippen LogP contribution in [0.4, 0.5) is 0 Å². The van der Waals surface area contributed by atoms with Gasteiger partial charge in [0.1, 0.15) is 4.75 Å². The summed E-state index contributed by atoms with van der Waals surface area (Å²) in [5.74, 6) is -0.827. The number of carbonyl (C=O) groups excluding carboxylic acids is 1. The first-order valence-corrected chi connectivity index (χ1v) is 6.11. The zero-order valence-corrected chi connectivity index (χ0v) is 12.0. The maximum atomic E-state index is 12.2. The minimum atomic E-state index is -0.954. The summed E-state index contributed by atoms with van der Waals surface area (Å²) in [6.45, 7) is 12.4. The Hall–Kier alpha value is -0.510. The van der Waals surface area contributed by atoms with E-state index in [0.29, 0.717) is 0 Å². The highest BCUT2D eigenvalue weighted by Gasteiger charge is 2.43. The molecule has 0 amide bonds. The van der Waals surface area contributed by atoms with E-state index in [1.54, 1.807) is 27.7 Å². The molecular weight excluding hydrogens is 224 g/mol. The molecule has 0 saturated carbocycles. The molecule has 0 unspecified atom stereocenters. The van der Waals surface area contributed by atoms with Crippen molar-refractivity contribution in [1.29, 1.82) is 0 Å². The summed E-state index contributed by atoms with van der Waals surface area (Å²) in [6.07, 6.45) is 0. The first-order valence-electron chi connectivity index (χ1n) is 5.29. The van der Waals surface area contributed by atoms with E-state index in [4.69, 9.17) is 5.11 Å². The van der Waals surface area contributed by atoms with Crippen LogP contribution in [0.15, 0.2) is 0 Å². The number of ketones is 1. The third kappa shape index (κ3) is 3.81. The predicted octanol–water partition coefficient (Wildman–Crippen LogP) is 2.98. The fraction of sp³-hybridized carbons (Fsp3) is 0.833. The maximum Gasteiger partial charge on any atom is 0.319 e. The number of thioether (sulfide) groups is 1. The van der Waals surface area contributed by atoms with E-state index in [9.17, 15) is 9.59 Å². The Morgan fingerprint density at radius 1 is 0.875 bits per heavy atom. The summed E-state index contributed by atoms with van der Waals surface area (Å²) in [4.78, 5) is 23.2. The van der Waals surface area contributed by atoms with E-state index in [0.717, 1.165) is 0 Å². The van der Waals surface area contributed by atoms with Crippen LogP contribution < -0.4 is 0 Å². The third-order valence-corrected chi connectivity index (χ3v) is 3.63. The van der Waals surface area contributed by atoms with Crippen molar-refractivity contribution in [3.05, 3.63) is 0 Å². The van der Waals surface area contributed by atoms with E-state index < -0.39 is 20.9 Å². The zero-order valence-electron chi connectivity index (χ0n) is 11.2. The number of aliphatic carboxylic acids is 1. The lowest BCUT2D eigenvalue weighted by atomic mass is 9.84. The van der Waals surface area contributed by atoms with Crippen molar-refractivity contribution in [2.75, 3.05) is 0 Å². The lowest BCUT2D eigenvalue weighted by Crippen LogP contribution is -2.43. The number of Topliss-reactive ketones (excluding diaryl/α,β-unsaturated/α-hetero) is 1. The lowest BCUT2D eigenvalue weighted by molar-refractivity contribution is -0.138. The van der Waals surface area contributed by atoms with Crippen LogP contribution in [0, 0.1) is 5.41 Å². The van der Waals surface area contributed by atoms with Crippen LogP contribution in [0.25, 0.3) is 0 Å². The fourth-order valence-electron chi connectivity index (χ4n) is 1.63. The van der Waals surface area contributed by atoms with Crippen molar-refractivity contribution in [3.63, 3.8) is 0 Å². The van der Waals surface area contributed by atoms with Crippen LogP contribution in [-0.2, 0) is 9.59 Å². The molecule has 0 heterocycles. The highest BCUT2D eigenvalue weighted by Crippen LogP contribution is 2.40. The topological polar surface area (TPSA) is 54.4 Å². The van der Waals surface area contributed by atoms with Crippen LogP contribution >= 0.6 is 11.8 Å². The average molecular weight is 246 g/mol. The Morgan fingerprint density at radius 3 is 1.50 bits per heavy atom. The molecule has 4 heteroatoms. The molecular formula is C12H22O3S. The van der Waals surface area contributed by atoms with Gasteiger partial charge in [-0.05, 0) is 27.7 Å². The van der Waals surface area contributed by atoms with Crippen molar-refractivity contribution >= 4 is 23.5 Å². The predicted molar refractivity (Wildman–Crippen MR) is 67.8 cm³/mol. The Morgan fingerprint density at radius 2 is 1.25 bits per heavy atom. The van der Waals surface area contributed by atoms with Gasteiger partial charge in [-0.1, -0.05) is 20.8 Å². The molecule has 0 fully saturated rings. The molecule has 0 aliphatic carbocycles. The number of rotatable bonds is 4. The molecule has 0 aliphatic heterocycles. The molecule has 94 valence electrons. The summed E-state index contributed by atoms with van der Waals surface area (Å²) >= 11 is 1.20. The van der Waals surface area contributed by atoms with Gasteiger partial charge in [-0.15, -0.1) is 11.8 Å². The smallest absolute Gasteiger partial charge is 0.319 e. The average Bonchev–Trinajstić information content (AvgIpc) is 1.98. The molecule has 0 saturated heterocycles. The fourth-order valence-corrected chi connectivity index (χ4v) is 3.39. The minimum Gasteiger partial charge on any atom is -0.480 e. The number of carboxylic acid groups (broad SMARTS) is 1. The SMILES string of the molecule is CC(C)(C)C(=O)C(C)(C)SC(C)(C)C(=O)O. The quantitative estimate of drug-likeness (QED) is 0.828. The largest absolute Gasteiger partial charge is 0.480 e. The van der Waals surface area contributed by atoms with E-state index in [2.05, 4.69) is 0 Å². The molecule has 0 aliphatic rings. The molecule has 0 aromatic carbocycles. The van der Waals surface area contributed by atoms with Gasteiger partial charge in [-0.25, -0.2) is 0 Å². The molecule has 0 atom stereocenters. The van der Waals surface area contributed by atoms with Gasteiger partial charge in [-0.2, -0.15) is 0 Å². The molecule has 0 spiro atoms. The van der Waals surface area contributed by atoms with Crippen LogP contribution in [-0.4, -0.2) is 26.4 Å². The molecule has 1 N–H and O–H groups in total. The summed E-state index contributed by atoms with van der Waals surface area (Å²) in [7, 11) is 0. The van der Waals surface area contributed by atoms with Crippen LogP contribution in [0.2, 0.25) is 0 Å². The summed E-state index contributed by atoms with van der Waals surface area (Å²) in [6, 6.07) is 0. The van der Waals surface area contributed by atoms with Gasteiger partial charge in [0.15, 0.2) is 5.78 Å². The summed E-state index contributed by atoms with van der Waals surface area (Å²) in [5, 5.41) is 9.06. The van der Waals surface area contributed by atoms with E-state index in [1.807, 2.05) is 20.8 Å². The first kappa shape index (κ1) is 15.5. The molecule has 0 rings (SSSR count). The van der Waals surface area contributed by atoms with E-state index >= 15 is 0 Å². The second kappa shape index (κ2) is 4.40. The molecule has 0 radical (unpaired) electrons. The number of carbonyl (C=O) groups is 2.